The van der Waals surface area contributed by atoms with Crippen LogP contribution in [0.2, 0.25) is 0 Å². The molecular weight excluding hydrogens is 418 g/mol. The van der Waals surface area contributed by atoms with Gasteiger partial charge in [0.1, 0.15) is 0 Å². The molecule has 0 aliphatic carbocycles. The number of rotatable bonds is 7. The average Bonchev–Trinajstić information content (AvgIpc) is 3.37. The molecular formula is C22H25N3O5S. The van der Waals surface area contributed by atoms with Crippen molar-refractivity contribution >= 4 is 32.6 Å². The third-order valence-corrected chi connectivity index (χ3v) is 7.49. The van der Waals surface area contributed by atoms with Gasteiger partial charge in [-0.15, -0.1) is 0 Å². The summed E-state index contributed by atoms with van der Waals surface area (Å²) in [6, 6.07) is 14.7. The number of carboxylic acids is 1. The predicted octanol–water partition coefficient (Wildman–Crippen LogP) is 2.50. The molecule has 164 valence electrons. The van der Waals surface area contributed by atoms with E-state index in [1.165, 1.54) is 7.05 Å². The molecule has 0 amide bonds. The number of aliphatic hydroxyl groups excluding tert-OH is 1. The number of sulfonamides is 1. The second-order valence-corrected chi connectivity index (χ2v) is 9.85. The number of nitrogens with zero attached hydrogens (tertiary/aromatic N) is 2. The van der Waals surface area contributed by atoms with Gasteiger partial charge in [-0.05, 0) is 36.8 Å². The minimum atomic E-state index is -3.86. The topological polar surface area (TPSA) is 114 Å². The Hall–Kier alpha value is -2.88. The molecule has 0 spiro atoms. The molecule has 2 aromatic carbocycles. The molecule has 0 unspecified atom stereocenters. The molecule has 1 fully saturated rings. The van der Waals surface area contributed by atoms with Crippen molar-refractivity contribution in [2.75, 3.05) is 31.6 Å². The van der Waals surface area contributed by atoms with Crippen LogP contribution in [0.25, 0.3) is 22.2 Å². The van der Waals surface area contributed by atoms with E-state index in [0.29, 0.717) is 19.5 Å². The van der Waals surface area contributed by atoms with Gasteiger partial charge in [0.25, 0.3) is 0 Å². The molecule has 0 radical (unpaired) electrons. The molecule has 1 saturated heterocycles. The van der Waals surface area contributed by atoms with E-state index < -0.39 is 22.1 Å². The lowest BCUT2D eigenvalue weighted by atomic mass is 10.1. The summed E-state index contributed by atoms with van der Waals surface area (Å²) in [5.74, 6) is -1.05. The van der Waals surface area contributed by atoms with Crippen molar-refractivity contribution in [1.82, 2.24) is 9.29 Å². The number of hydrogen-bond donors (Lipinski definition) is 3. The van der Waals surface area contributed by atoms with Crippen molar-refractivity contribution in [3.63, 3.8) is 0 Å². The Labute approximate surface area is 180 Å². The Morgan fingerprint density at radius 3 is 2.68 bits per heavy atom. The maximum atomic E-state index is 13.1. The monoisotopic (exact) mass is 443 g/mol. The highest BCUT2D eigenvalue weighted by Crippen LogP contribution is 2.36. The fourth-order valence-corrected chi connectivity index (χ4v) is 5.10. The number of carbonyl (C=O) groups is 1. The first-order valence-electron chi connectivity index (χ1n) is 10.1. The summed E-state index contributed by atoms with van der Waals surface area (Å²) in [7, 11) is -2.48. The zero-order valence-electron chi connectivity index (χ0n) is 17.2. The van der Waals surface area contributed by atoms with Crippen LogP contribution in [0.5, 0.6) is 0 Å². The molecule has 4 rings (SSSR count). The van der Waals surface area contributed by atoms with Crippen molar-refractivity contribution < 1.29 is 23.4 Å². The van der Waals surface area contributed by atoms with Gasteiger partial charge in [0.2, 0.25) is 10.0 Å². The van der Waals surface area contributed by atoms with Crippen LogP contribution < -0.4 is 4.90 Å². The van der Waals surface area contributed by atoms with Gasteiger partial charge in [-0.1, -0.05) is 18.2 Å². The van der Waals surface area contributed by atoms with Gasteiger partial charge in [-0.25, -0.2) is 12.7 Å². The molecule has 1 aromatic heterocycles. The van der Waals surface area contributed by atoms with Gasteiger partial charge >= 0.3 is 5.97 Å². The van der Waals surface area contributed by atoms with Gasteiger partial charge in [0.05, 0.1) is 17.4 Å². The summed E-state index contributed by atoms with van der Waals surface area (Å²) in [4.78, 5) is 16.4. The molecule has 31 heavy (non-hydrogen) atoms. The molecule has 1 atom stereocenters. The Balaban J connectivity index is 1.79. The fourth-order valence-electron chi connectivity index (χ4n) is 3.90. The summed E-state index contributed by atoms with van der Waals surface area (Å²) in [5.41, 5.74) is 3.29. The highest BCUT2D eigenvalue weighted by molar-refractivity contribution is 7.89. The number of para-hydroxylation sites is 1. The highest BCUT2D eigenvalue weighted by Gasteiger charge is 2.27. The summed E-state index contributed by atoms with van der Waals surface area (Å²) in [6.45, 7) is 1.05. The number of aromatic amines is 1. The molecule has 0 bridgehead atoms. The van der Waals surface area contributed by atoms with E-state index in [-0.39, 0.29) is 17.9 Å². The van der Waals surface area contributed by atoms with Crippen molar-refractivity contribution in [2.24, 2.45) is 0 Å². The lowest BCUT2D eigenvalue weighted by Crippen LogP contribution is -2.29. The number of hydrogen-bond acceptors (Lipinski definition) is 5. The Morgan fingerprint density at radius 1 is 1.23 bits per heavy atom. The highest BCUT2D eigenvalue weighted by atomic mass is 32.2. The van der Waals surface area contributed by atoms with Crippen LogP contribution in [0.1, 0.15) is 12.8 Å². The quantitative estimate of drug-likeness (QED) is 0.517. The number of β-amino-alcohol motifs (C(OH)–C–C–N with tert-alkyl or cyclic N) is 1. The van der Waals surface area contributed by atoms with Gasteiger partial charge in [-0.2, -0.15) is 0 Å². The molecule has 1 aliphatic rings. The number of aliphatic hydroxyl groups is 1. The predicted molar refractivity (Wildman–Crippen MR) is 119 cm³/mol. The fraction of sp³-hybridized carbons (Fsp3) is 0.318. The number of nitrogens with one attached hydrogen (secondary N) is 1. The summed E-state index contributed by atoms with van der Waals surface area (Å²) in [5, 5.41) is 19.9. The summed E-state index contributed by atoms with van der Waals surface area (Å²) < 4.78 is 27.2. The minimum absolute atomic E-state index is 0.0949. The first-order valence-corrected chi connectivity index (χ1v) is 11.5. The normalized spacial score (nSPS) is 17.0. The first kappa shape index (κ1) is 21.4. The van der Waals surface area contributed by atoms with E-state index in [4.69, 9.17) is 5.11 Å². The van der Waals surface area contributed by atoms with E-state index >= 15 is 0 Å². The first-order chi connectivity index (χ1) is 14.8. The molecule has 0 saturated carbocycles. The van der Waals surface area contributed by atoms with E-state index in [1.54, 1.807) is 18.2 Å². The van der Waals surface area contributed by atoms with Crippen LogP contribution in [0.3, 0.4) is 0 Å². The molecule has 8 nitrogen and oxygen atoms in total. The number of fused-ring (bicyclic) bond motifs is 1. The van der Waals surface area contributed by atoms with Crippen molar-refractivity contribution in [2.45, 2.75) is 23.8 Å². The second-order valence-electron chi connectivity index (χ2n) is 7.81. The van der Waals surface area contributed by atoms with Crippen molar-refractivity contribution in [3.05, 3.63) is 48.5 Å². The number of H-pyrrole nitrogens is 1. The standard InChI is InChI=1S/C22H25N3O5S/c1-24(10-9-22(27)28)31(29,30)17-6-7-21(25-11-8-16(26)14-25)18(13-17)20-12-15-4-2-3-5-19(15)23-20/h2-7,12-13,16,23,26H,8-11,14H2,1H3,(H,27,28)/t16-/m0/s1. The van der Waals surface area contributed by atoms with Crippen LogP contribution in [-0.4, -0.2) is 66.7 Å². The Kier molecular flexibility index (Phi) is 5.74. The lowest BCUT2D eigenvalue weighted by molar-refractivity contribution is -0.137. The SMILES string of the molecule is CN(CCC(=O)O)S(=O)(=O)c1ccc(N2CC[C@H](O)C2)c(-c2cc3ccccc3[nH]2)c1. The second kappa shape index (κ2) is 8.33. The van der Waals surface area contributed by atoms with Gasteiger partial charge < -0.3 is 20.1 Å². The number of benzene rings is 2. The van der Waals surface area contributed by atoms with E-state index in [0.717, 1.165) is 32.2 Å². The maximum Gasteiger partial charge on any atom is 0.304 e. The molecule has 3 N–H and O–H groups in total. The van der Waals surface area contributed by atoms with Crippen LogP contribution in [-0.2, 0) is 14.8 Å². The lowest BCUT2D eigenvalue weighted by Gasteiger charge is -2.23. The van der Waals surface area contributed by atoms with Gasteiger partial charge in [-0.3, -0.25) is 4.79 Å². The third-order valence-electron chi connectivity index (χ3n) is 5.64. The zero-order chi connectivity index (χ0) is 22.2. The average molecular weight is 444 g/mol. The zero-order valence-corrected chi connectivity index (χ0v) is 18.0. The summed E-state index contributed by atoms with van der Waals surface area (Å²) >= 11 is 0. The van der Waals surface area contributed by atoms with Gasteiger partial charge in [0, 0.05) is 54.5 Å². The van der Waals surface area contributed by atoms with Gasteiger partial charge in [0.15, 0.2) is 0 Å². The Bertz CT molecular complexity index is 1190. The number of aromatic nitrogens is 1. The molecule has 3 aromatic rings. The number of anilines is 1. The maximum absolute atomic E-state index is 13.1. The van der Waals surface area contributed by atoms with Crippen molar-refractivity contribution in [3.8, 4) is 11.3 Å². The largest absolute Gasteiger partial charge is 0.481 e. The van der Waals surface area contributed by atoms with Crippen LogP contribution in [0, 0.1) is 0 Å². The molecule has 9 heteroatoms. The third kappa shape index (κ3) is 4.30. The summed E-state index contributed by atoms with van der Waals surface area (Å²) in [6.07, 6.45) is -0.0283. The number of carboxylic acid groups (broad SMARTS) is 1. The Morgan fingerprint density at radius 2 is 2.00 bits per heavy atom. The molecule has 2 heterocycles. The van der Waals surface area contributed by atoms with E-state index in [1.807, 2.05) is 30.3 Å². The van der Waals surface area contributed by atoms with Crippen LogP contribution >= 0.6 is 0 Å². The number of aliphatic carboxylic acids is 1. The molecule has 1 aliphatic heterocycles. The van der Waals surface area contributed by atoms with Crippen LogP contribution in [0.15, 0.2) is 53.4 Å². The van der Waals surface area contributed by atoms with E-state index in [9.17, 15) is 18.3 Å². The minimum Gasteiger partial charge on any atom is -0.481 e. The van der Waals surface area contributed by atoms with Crippen molar-refractivity contribution in [1.29, 1.82) is 0 Å². The van der Waals surface area contributed by atoms with Crippen LogP contribution in [0.4, 0.5) is 5.69 Å². The smallest absolute Gasteiger partial charge is 0.304 e. The van der Waals surface area contributed by atoms with E-state index in [2.05, 4.69) is 9.88 Å².